The predicted octanol–water partition coefficient (Wildman–Crippen LogP) is 1.71. The molecule has 0 saturated heterocycles. The summed E-state index contributed by atoms with van der Waals surface area (Å²) in [5, 5.41) is 4.11. The monoisotopic (exact) mass is 309 g/mol. The van der Waals surface area contributed by atoms with Gasteiger partial charge >= 0.3 is 0 Å². The molecule has 1 aliphatic rings. The lowest BCUT2D eigenvalue weighted by molar-refractivity contribution is 0.723. The quantitative estimate of drug-likeness (QED) is 0.762. The molecule has 3 N–H and O–H groups in total. The van der Waals surface area contributed by atoms with Gasteiger partial charge in [-0.1, -0.05) is 0 Å². The third kappa shape index (κ3) is 2.48. The highest BCUT2D eigenvalue weighted by atomic mass is 15.1. The van der Waals surface area contributed by atoms with Gasteiger partial charge in [-0.25, -0.2) is 9.97 Å². The van der Waals surface area contributed by atoms with Crippen LogP contribution in [0.4, 0.5) is 11.8 Å². The number of fused-ring (bicyclic) bond motifs is 2. The minimum absolute atomic E-state index is 0.500. The lowest BCUT2D eigenvalue weighted by Gasteiger charge is -2.12. The summed E-state index contributed by atoms with van der Waals surface area (Å²) in [5.74, 6) is 1.03. The van der Waals surface area contributed by atoms with Crippen molar-refractivity contribution >= 4 is 22.8 Å². The van der Waals surface area contributed by atoms with Crippen molar-refractivity contribution in [3.05, 3.63) is 35.5 Å². The van der Waals surface area contributed by atoms with Crippen molar-refractivity contribution in [3.8, 4) is 0 Å². The zero-order valence-electron chi connectivity index (χ0n) is 13.1. The van der Waals surface area contributed by atoms with Gasteiger partial charge in [-0.05, 0) is 37.3 Å². The highest BCUT2D eigenvalue weighted by Gasteiger charge is 2.20. The zero-order chi connectivity index (χ0) is 15.8. The van der Waals surface area contributed by atoms with E-state index in [0.717, 1.165) is 36.9 Å². The first-order chi connectivity index (χ1) is 11.2. The number of pyridine rings is 1. The highest BCUT2D eigenvalue weighted by molar-refractivity contribution is 5.90. The van der Waals surface area contributed by atoms with Crippen LogP contribution in [-0.2, 0) is 19.4 Å². The van der Waals surface area contributed by atoms with E-state index in [1.807, 2.05) is 10.8 Å². The van der Waals surface area contributed by atoms with E-state index in [0.29, 0.717) is 24.0 Å². The van der Waals surface area contributed by atoms with Crippen molar-refractivity contribution in [2.45, 2.75) is 32.7 Å². The summed E-state index contributed by atoms with van der Waals surface area (Å²) in [5.41, 5.74) is 10.5. The Labute approximate surface area is 134 Å². The SMILES string of the molecule is Cc1c2c(nc3nc(NCCn4ccnc4)nc(N)c13)CCC2. The second-order valence-electron chi connectivity index (χ2n) is 5.87. The molecule has 0 fully saturated rings. The molecule has 3 aromatic heterocycles. The van der Waals surface area contributed by atoms with Crippen molar-refractivity contribution in [3.63, 3.8) is 0 Å². The number of aryl methyl sites for hydroxylation is 2. The Morgan fingerprint density at radius 2 is 2.17 bits per heavy atom. The average Bonchev–Trinajstić information content (AvgIpc) is 3.18. The third-order valence-corrected chi connectivity index (χ3v) is 4.39. The highest BCUT2D eigenvalue weighted by Crippen LogP contribution is 2.31. The maximum atomic E-state index is 6.17. The molecule has 1 aliphatic carbocycles. The van der Waals surface area contributed by atoms with Crippen molar-refractivity contribution in [2.24, 2.45) is 0 Å². The first kappa shape index (κ1) is 13.9. The fourth-order valence-corrected chi connectivity index (χ4v) is 3.24. The molecule has 0 bridgehead atoms. The van der Waals surface area contributed by atoms with Crippen molar-refractivity contribution < 1.29 is 0 Å². The summed E-state index contributed by atoms with van der Waals surface area (Å²) in [4.78, 5) is 17.7. The Hall–Kier alpha value is -2.70. The number of hydrogen-bond donors (Lipinski definition) is 2. The minimum Gasteiger partial charge on any atom is -0.383 e. The summed E-state index contributed by atoms with van der Waals surface area (Å²) < 4.78 is 1.99. The van der Waals surface area contributed by atoms with E-state index in [4.69, 9.17) is 10.7 Å². The largest absolute Gasteiger partial charge is 0.383 e. The number of imidazole rings is 1. The van der Waals surface area contributed by atoms with Gasteiger partial charge in [0.2, 0.25) is 5.95 Å². The van der Waals surface area contributed by atoms with Crippen LogP contribution < -0.4 is 11.1 Å². The first-order valence-corrected chi connectivity index (χ1v) is 7.87. The molecule has 0 aliphatic heterocycles. The van der Waals surface area contributed by atoms with E-state index in [1.54, 1.807) is 12.5 Å². The molecule has 3 aromatic rings. The van der Waals surface area contributed by atoms with Gasteiger partial charge < -0.3 is 15.6 Å². The van der Waals surface area contributed by atoms with Gasteiger partial charge in [0.05, 0.1) is 11.7 Å². The number of nitrogens with two attached hydrogens (primary N) is 1. The molecule has 0 unspecified atom stereocenters. The van der Waals surface area contributed by atoms with Gasteiger partial charge in [-0.2, -0.15) is 9.97 Å². The molecule has 0 amide bonds. The topological polar surface area (TPSA) is 94.5 Å². The normalized spacial score (nSPS) is 13.4. The Morgan fingerprint density at radius 3 is 3.00 bits per heavy atom. The van der Waals surface area contributed by atoms with Crippen LogP contribution in [0.15, 0.2) is 18.7 Å². The average molecular weight is 309 g/mol. The molecule has 0 atom stereocenters. The smallest absolute Gasteiger partial charge is 0.226 e. The van der Waals surface area contributed by atoms with Gasteiger partial charge in [-0.3, -0.25) is 0 Å². The molecule has 118 valence electrons. The van der Waals surface area contributed by atoms with Gasteiger partial charge in [0.1, 0.15) is 5.82 Å². The Kier molecular flexibility index (Phi) is 3.33. The number of hydrogen-bond acceptors (Lipinski definition) is 6. The number of rotatable bonds is 4. The van der Waals surface area contributed by atoms with Crippen LogP contribution in [0.5, 0.6) is 0 Å². The number of anilines is 2. The lowest BCUT2D eigenvalue weighted by Crippen LogP contribution is -2.13. The molecule has 4 rings (SSSR count). The summed E-state index contributed by atoms with van der Waals surface area (Å²) in [7, 11) is 0. The summed E-state index contributed by atoms with van der Waals surface area (Å²) in [6.45, 7) is 3.59. The minimum atomic E-state index is 0.500. The summed E-state index contributed by atoms with van der Waals surface area (Å²) in [6.07, 6.45) is 8.73. The maximum Gasteiger partial charge on any atom is 0.226 e. The predicted molar refractivity (Wildman–Crippen MR) is 89.2 cm³/mol. The molecule has 0 saturated carbocycles. The standard InChI is InChI=1S/C16H19N7/c1-10-11-3-2-4-12(11)20-15-13(10)14(17)21-16(22-15)19-6-8-23-7-5-18-9-23/h5,7,9H,2-4,6,8H2,1H3,(H3,17,19,20,21,22). The number of aromatic nitrogens is 5. The summed E-state index contributed by atoms with van der Waals surface area (Å²) >= 11 is 0. The Morgan fingerprint density at radius 1 is 1.26 bits per heavy atom. The summed E-state index contributed by atoms with van der Waals surface area (Å²) in [6, 6.07) is 0. The first-order valence-electron chi connectivity index (χ1n) is 7.87. The van der Waals surface area contributed by atoms with E-state index < -0.39 is 0 Å². The fraction of sp³-hybridized carbons (Fsp3) is 0.375. The molecule has 3 heterocycles. The van der Waals surface area contributed by atoms with Crippen LogP contribution in [0.1, 0.15) is 23.2 Å². The zero-order valence-corrected chi connectivity index (χ0v) is 13.1. The van der Waals surface area contributed by atoms with Gasteiger partial charge in [-0.15, -0.1) is 0 Å². The number of nitrogens with one attached hydrogen (secondary N) is 1. The van der Waals surface area contributed by atoms with Crippen LogP contribution in [0.3, 0.4) is 0 Å². The number of nitrogen functional groups attached to an aromatic ring is 1. The van der Waals surface area contributed by atoms with Crippen LogP contribution >= 0.6 is 0 Å². The van der Waals surface area contributed by atoms with Gasteiger partial charge in [0, 0.05) is 31.2 Å². The van der Waals surface area contributed by atoms with E-state index in [-0.39, 0.29) is 0 Å². The van der Waals surface area contributed by atoms with Crippen LogP contribution in [-0.4, -0.2) is 31.0 Å². The molecular formula is C16H19N7. The molecule has 7 heteroatoms. The lowest BCUT2D eigenvalue weighted by atomic mass is 10.1. The molecule has 7 nitrogen and oxygen atoms in total. The molecular weight excluding hydrogens is 290 g/mol. The second kappa shape index (κ2) is 5.49. The van der Waals surface area contributed by atoms with Crippen molar-refractivity contribution in [1.82, 2.24) is 24.5 Å². The van der Waals surface area contributed by atoms with E-state index >= 15 is 0 Å². The fourth-order valence-electron chi connectivity index (χ4n) is 3.24. The Balaban J connectivity index is 1.63. The Bertz CT molecular complexity index is 855. The van der Waals surface area contributed by atoms with Gasteiger partial charge in [0.25, 0.3) is 0 Å². The van der Waals surface area contributed by atoms with Crippen molar-refractivity contribution in [1.29, 1.82) is 0 Å². The third-order valence-electron chi connectivity index (χ3n) is 4.39. The van der Waals surface area contributed by atoms with E-state index in [1.165, 1.54) is 11.1 Å². The molecule has 0 spiro atoms. The maximum absolute atomic E-state index is 6.17. The van der Waals surface area contributed by atoms with Crippen molar-refractivity contribution in [2.75, 3.05) is 17.6 Å². The van der Waals surface area contributed by atoms with Gasteiger partial charge in [0.15, 0.2) is 5.65 Å². The van der Waals surface area contributed by atoms with Crippen LogP contribution in [0.25, 0.3) is 11.0 Å². The second-order valence-corrected chi connectivity index (χ2v) is 5.87. The van der Waals surface area contributed by atoms with E-state index in [9.17, 15) is 0 Å². The van der Waals surface area contributed by atoms with Crippen LogP contribution in [0.2, 0.25) is 0 Å². The molecule has 0 radical (unpaired) electrons. The van der Waals surface area contributed by atoms with Crippen LogP contribution in [0, 0.1) is 6.92 Å². The van der Waals surface area contributed by atoms with E-state index in [2.05, 4.69) is 27.2 Å². The number of nitrogens with zero attached hydrogens (tertiary/aromatic N) is 5. The molecule has 0 aromatic carbocycles. The molecule has 23 heavy (non-hydrogen) atoms.